The lowest BCUT2D eigenvalue weighted by molar-refractivity contribution is -0.142. The maximum atomic E-state index is 11.7. The molecule has 0 saturated carbocycles. The van der Waals surface area contributed by atoms with Crippen molar-refractivity contribution in [3.8, 4) is 0 Å². The summed E-state index contributed by atoms with van der Waals surface area (Å²) < 4.78 is 4.87. The first-order valence-electron chi connectivity index (χ1n) is 5.75. The summed E-state index contributed by atoms with van der Waals surface area (Å²) in [5.41, 5.74) is 3.49. The van der Waals surface area contributed by atoms with Gasteiger partial charge in [-0.25, -0.2) is 0 Å². The minimum Gasteiger partial charge on any atom is -0.469 e. The summed E-state index contributed by atoms with van der Waals surface area (Å²) in [4.78, 5) is 11.7. The van der Waals surface area contributed by atoms with Crippen molar-refractivity contribution in [3.05, 3.63) is 34.9 Å². The Morgan fingerprint density at radius 2 is 2.06 bits per heavy atom. The van der Waals surface area contributed by atoms with Crippen molar-refractivity contribution < 1.29 is 9.53 Å². The molecule has 0 N–H and O–H groups in total. The molecule has 16 heavy (non-hydrogen) atoms. The topological polar surface area (TPSA) is 26.3 Å². The minimum absolute atomic E-state index is 0.115. The zero-order valence-electron chi connectivity index (χ0n) is 10.5. The van der Waals surface area contributed by atoms with Crippen LogP contribution in [0.3, 0.4) is 0 Å². The summed E-state index contributed by atoms with van der Waals surface area (Å²) in [6.07, 6.45) is 1.82. The van der Waals surface area contributed by atoms with E-state index in [0.717, 1.165) is 18.4 Å². The molecule has 1 aromatic rings. The lowest BCUT2D eigenvalue weighted by atomic mass is 9.90. The van der Waals surface area contributed by atoms with Crippen molar-refractivity contribution in [2.75, 3.05) is 7.11 Å². The Labute approximate surface area is 97.6 Å². The SMILES string of the molecule is CCCC(C(=O)OC)c1ccc(C)cc1C. The van der Waals surface area contributed by atoms with Gasteiger partial charge in [0, 0.05) is 0 Å². The molecule has 0 spiro atoms. The van der Waals surface area contributed by atoms with Crippen molar-refractivity contribution in [2.24, 2.45) is 0 Å². The Bertz CT molecular complexity index is 369. The highest BCUT2D eigenvalue weighted by Gasteiger charge is 2.21. The van der Waals surface area contributed by atoms with Crippen molar-refractivity contribution in [1.29, 1.82) is 0 Å². The summed E-state index contributed by atoms with van der Waals surface area (Å²) in [6.45, 7) is 6.19. The van der Waals surface area contributed by atoms with Crippen LogP contribution in [0.15, 0.2) is 18.2 Å². The fraction of sp³-hybridized carbons (Fsp3) is 0.500. The van der Waals surface area contributed by atoms with E-state index in [9.17, 15) is 4.79 Å². The second kappa shape index (κ2) is 5.69. The molecule has 0 amide bonds. The van der Waals surface area contributed by atoms with Gasteiger partial charge in [-0.05, 0) is 31.4 Å². The van der Waals surface area contributed by atoms with E-state index in [-0.39, 0.29) is 11.9 Å². The molecule has 1 rings (SSSR count). The minimum atomic E-state index is -0.131. The molecule has 0 bridgehead atoms. The highest BCUT2D eigenvalue weighted by molar-refractivity contribution is 5.78. The van der Waals surface area contributed by atoms with Gasteiger partial charge in [-0.15, -0.1) is 0 Å². The van der Waals surface area contributed by atoms with E-state index in [1.807, 2.05) is 19.1 Å². The fourth-order valence-electron chi connectivity index (χ4n) is 2.05. The normalized spacial score (nSPS) is 12.2. The average Bonchev–Trinajstić information content (AvgIpc) is 2.26. The van der Waals surface area contributed by atoms with Crippen molar-refractivity contribution in [3.63, 3.8) is 0 Å². The van der Waals surface area contributed by atoms with Crippen molar-refractivity contribution in [2.45, 2.75) is 39.5 Å². The number of carbonyl (C=O) groups excluding carboxylic acids is 1. The molecular formula is C14H20O2. The Morgan fingerprint density at radius 1 is 1.38 bits per heavy atom. The number of ether oxygens (including phenoxy) is 1. The second-order valence-corrected chi connectivity index (χ2v) is 4.22. The van der Waals surface area contributed by atoms with Crippen LogP contribution in [-0.2, 0) is 9.53 Å². The number of carbonyl (C=O) groups is 1. The van der Waals surface area contributed by atoms with Crippen molar-refractivity contribution >= 4 is 5.97 Å². The third kappa shape index (κ3) is 2.84. The van der Waals surface area contributed by atoms with Gasteiger partial charge in [0.15, 0.2) is 0 Å². The molecule has 0 radical (unpaired) electrons. The van der Waals surface area contributed by atoms with Crippen LogP contribution in [0.4, 0.5) is 0 Å². The van der Waals surface area contributed by atoms with E-state index < -0.39 is 0 Å². The first-order chi connectivity index (χ1) is 7.60. The van der Waals surface area contributed by atoms with Gasteiger partial charge in [-0.3, -0.25) is 4.79 Å². The predicted molar refractivity (Wildman–Crippen MR) is 65.6 cm³/mol. The number of methoxy groups -OCH3 is 1. The van der Waals surface area contributed by atoms with Gasteiger partial charge >= 0.3 is 5.97 Å². The molecule has 2 nitrogen and oxygen atoms in total. The standard InChI is InChI=1S/C14H20O2/c1-5-6-13(14(15)16-4)12-8-7-10(2)9-11(12)3/h7-9,13H,5-6H2,1-4H3. The number of hydrogen-bond acceptors (Lipinski definition) is 2. The predicted octanol–water partition coefficient (Wildman–Crippen LogP) is 3.36. The van der Waals surface area contributed by atoms with Crippen LogP contribution < -0.4 is 0 Å². The molecule has 0 aliphatic rings. The monoisotopic (exact) mass is 220 g/mol. The molecule has 0 aromatic heterocycles. The average molecular weight is 220 g/mol. The van der Waals surface area contributed by atoms with Crippen LogP contribution in [0.25, 0.3) is 0 Å². The number of aryl methyl sites for hydroxylation is 2. The second-order valence-electron chi connectivity index (χ2n) is 4.22. The van der Waals surface area contributed by atoms with Gasteiger partial charge in [-0.2, -0.15) is 0 Å². The summed E-state index contributed by atoms with van der Waals surface area (Å²) in [5, 5.41) is 0. The summed E-state index contributed by atoms with van der Waals surface area (Å²) in [6, 6.07) is 6.21. The van der Waals surface area contributed by atoms with Gasteiger partial charge in [0.05, 0.1) is 13.0 Å². The molecule has 1 unspecified atom stereocenters. The third-order valence-electron chi connectivity index (χ3n) is 2.86. The highest BCUT2D eigenvalue weighted by atomic mass is 16.5. The first-order valence-corrected chi connectivity index (χ1v) is 5.75. The molecule has 0 saturated heterocycles. The number of benzene rings is 1. The summed E-state index contributed by atoms with van der Waals surface area (Å²) >= 11 is 0. The molecule has 1 atom stereocenters. The lowest BCUT2D eigenvalue weighted by Crippen LogP contribution is -2.15. The zero-order valence-corrected chi connectivity index (χ0v) is 10.5. The third-order valence-corrected chi connectivity index (χ3v) is 2.86. The van der Waals surface area contributed by atoms with Crippen LogP contribution in [0.5, 0.6) is 0 Å². The van der Waals surface area contributed by atoms with E-state index in [4.69, 9.17) is 4.74 Å². The van der Waals surface area contributed by atoms with Gasteiger partial charge in [0.2, 0.25) is 0 Å². The van der Waals surface area contributed by atoms with E-state index in [2.05, 4.69) is 19.9 Å². The maximum Gasteiger partial charge on any atom is 0.313 e. The molecule has 0 aliphatic carbocycles. The molecule has 0 heterocycles. The molecule has 88 valence electrons. The van der Waals surface area contributed by atoms with Crippen LogP contribution in [0.1, 0.15) is 42.4 Å². The number of hydrogen-bond donors (Lipinski definition) is 0. The fourth-order valence-corrected chi connectivity index (χ4v) is 2.05. The van der Waals surface area contributed by atoms with Gasteiger partial charge in [0.25, 0.3) is 0 Å². The number of rotatable bonds is 4. The zero-order chi connectivity index (χ0) is 12.1. The number of esters is 1. The van der Waals surface area contributed by atoms with E-state index >= 15 is 0 Å². The summed E-state index contributed by atoms with van der Waals surface area (Å²) in [5.74, 6) is -0.246. The molecule has 0 fully saturated rings. The Hall–Kier alpha value is -1.31. The lowest BCUT2D eigenvalue weighted by Gasteiger charge is -2.16. The first kappa shape index (κ1) is 12.8. The van der Waals surface area contributed by atoms with Crippen molar-refractivity contribution in [1.82, 2.24) is 0 Å². The van der Waals surface area contributed by atoms with Gasteiger partial charge in [-0.1, -0.05) is 37.1 Å². The molecule has 2 heteroatoms. The van der Waals surface area contributed by atoms with Crippen LogP contribution in [0, 0.1) is 13.8 Å². The molecule has 1 aromatic carbocycles. The van der Waals surface area contributed by atoms with Crippen LogP contribution in [0.2, 0.25) is 0 Å². The van der Waals surface area contributed by atoms with Crippen LogP contribution in [-0.4, -0.2) is 13.1 Å². The maximum absolute atomic E-state index is 11.7. The Balaban J connectivity index is 3.05. The quantitative estimate of drug-likeness (QED) is 0.727. The Morgan fingerprint density at radius 3 is 2.56 bits per heavy atom. The molecular weight excluding hydrogens is 200 g/mol. The van der Waals surface area contributed by atoms with Gasteiger partial charge in [0.1, 0.15) is 0 Å². The highest BCUT2D eigenvalue weighted by Crippen LogP contribution is 2.26. The van der Waals surface area contributed by atoms with E-state index in [0.29, 0.717) is 0 Å². The van der Waals surface area contributed by atoms with E-state index in [1.165, 1.54) is 18.2 Å². The van der Waals surface area contributed by atoms with Crippen LogP contribution >= 0.6 is 0 Å². The Kier molecular flexibility index (Phi) is 4.53. The van der Waals surface area contributed by atoms with E-state index in [1.54, 1.807) is 0 Å². The smallest absolute Gasteiger partial charge is 0.313 e. The van der Waals surface area contributed by atoms with Gasteiger partial charge < -0.3 is 4.74 Å². The summed E-state index contributed by atoms with van der Waals surface area (Å²) in [7, 11) is 1.45. The molecule has 0 aliphatic heterocycles. The largest absolute Gasteiger partial charge is 0.469 e.